The molecule has 1 aliphatic rings. The highest BCUT2D eigenvalue weighted by molar-refractivity contribution is 6.00. The highest BCUT2D eigenvalue weighted by atomic mass is 16.6. The Bertz CT molecular complexity index is 622. The number of nitrogens with one attached hydrogen (secondary N) is 1. The summed E-state index contributed by atoms with van der Waals surface area (Å²) < 4.78 is 10.6. The molecule has 0 bridgehead atoms. The maximum atomic E-state index is 12.9. The van der Waals surface area contributed by atoms with Crippen LogP contribution in [0.4, 0.5) is 10.5 Å². The zero-order valence-corrected chi connectivity index (χ0v) is 15.0. The Balaban J connectivity index is 2.13. The van der Waals surface area contributed by atoms with E-state index in [1.165, 1.54) is 0 Å². The van der Waals surface area contributed by atoms with E-state index in [9.17, 15) is 9.59 Å². The van der Waals surface area contributed by atoms with Crippen LogP contribution in [0.15, 0.2) is 18.2 Å². The molecular formula is C18H26N2O4. The minimum atomic E-state index is -0.614. The third kappa shape index (κ3) is 3.99. The van der Waals surface area contributed by atoms with Crippen molar-refractivity contribution in [2.45, 2.75) is 52.2 Å². The van der Waals surface area contributed by atoms with Gasteiger partial charge in [0, 0.05) is 12.1 Å². The summed E-state index contributed by atoms with van der Waals surface area (Å²) in [5.41, 5.74) is 1.28. The van der Waals surface area contributed by atoms with Crippen LogP contribution in [0.5, 0.6) is 5.75 Å². The molecule has 2 rings (SSSR count). The second-order valence-corrected chi connectivity index (χ2v) is 6.80. The summed E-state index contributed by atoms with van der Waals surface area (Å²) in [6.45, 7) is 7.82. The van der Waals surface area contributed by atoms with Crippen LogP contribution in [-0.4, -0.2) is 37.3 Å². The number of carbonyl (C=O) groups excluding carboxylic acids is 2. The van der Waals surface area contributed by atoms with Gasteiger partial charge in [-0.25, -0.2) is 4.79 Å². The van der Waals surface area contributed by atoms with Crippen molar-refractivity contribution < 1.29 is 19.1 Å². The first kappa shape index (κ1) is 18.1. The molecule has 24 heavy (non-hydrogen) atoms. The van der Waals surface area contributed by atoms with Gasteiger partial charge in [0.1, 0.15) is 17.4 Å². The lowest BCUT2D eigenvalue weighted by Crippen LogP contribution is -2.49. The standard InChI is InChI=1S/C18H26N2O4/c1-6-13(19-17(22)24-18(2,3)4)16(21)20-11-10-12-14(20)8-7-9-15(12)23-5/h7-9,13H,6,10-11H2,1-5H3,(H,19,22)/t13-/m0/s1. The fourth-order valence-electron chi connectivity index (χ4n) is 2.80. The minimum Gasteiger partial charge on any atom is -0.496 e. The van der Waals surface area contributed by atoms with Gasteiger partial charge in [0.25, 0.3) is 0 Å². The number of alkyl carbamates (subject to hydrolysis) is 1. The summed E-state index contributed by atoms with van der Waals surface area (Å²) in [4.78, 5) is 26.5. The number of carbonyl (C=O) groups is 2. The number of fused-ring (bicyclic) bond motifs is 1. The van der Waals surface area contributed by atoms with Crippen molar-refractivity contribution in [1.82, 2.24) is 5.32 Å². The SMILES string of the molecule is CC[C@H](NC(=O)OC(C)(C)C)C(=O)N1CCc2c(OC)cccc21. The van der Waals surface area contributed by atoms with E-state index in [2.05, 4.69) is 5.32 Å². The van der Waals surface area contributed by atoms with Crippen LogP contribution in [0.3, 0.4) is 0 Å². The zero-order chi connectivity index (χ0) is 17.9. The lowest BCUT2D eigenvalue weighted by Gasteiger charge is -2.26. The minimum absolute atomic E-state index is 0.129. The molecule has 6 heteroatoms. The molecule has 0 saturated heterocycles. The van der Waals surface area contributed by atoms with Gasteiger partial charge in [-0.05, 0) is 45.7 Å². The van der Waals surface area contributed by atoms with Gasteiger partial charge < -0.3 is 19.7 Å². The van der Waals surface area contributed by atoms with E-state index < -0.39 is 17.7 Å². The molecule has 1 aromatic rings. The summed E-state index contributed by atoms with van der Waals surface area (Å²) in [5.74, 6) is 0.659. The smallest absolute Gasteiger partial charge is 0.408 e. The number of nitrogens with zero attached hydrogens (tertiary/aromatic N) is 1. The highest BCUT2D eigenvalue weighted by Gasteiger charge is 2.32. The summed E-state index contributed by atoms with van der Waals surface area (Å²) in [5, 5.41) is 2.68. The zero-order valence-electron chi connectivity index (χ0n) is 15.0. The van der Waals surface area contributed by atoms with Crippen molar-refractivity contribution in [2.24, 2.45) is 0 Å². The van der Waals surface area contributed by atoms with E-state index in [1.54, 1.807) is 32.8 Å². The van der Waals surface area contributed by atoms with Gasteiger partial charge in [0.05, 0.1) is 12.8 Å². The molecule has 1 heterocycles. The molecule has 6 nitrogen and oxygen atoms in total. The first-order valence-electron chi connectivity index (χ1n) is 8.23. The van der Waals surface area contributed by atoms with Gasteiger partial charge in [0.2, 0.25) is 5.91 Å². The van der Waals surface area contributed by atoms with Crippen LogP contribution < -0.4 is 15.0 Å². The second-order valence-electron chi connectivity index (χ2n) is 6.80. The van der Waals surface area contributed by atoms with Gasteiger partial charge in [-0.2, -0.15) is 0 Å². The molecule has 0 saturated carbocycles. The molecule has 0 radical (unpaired) electrons. The number of benzene rings is 1. The molecule has 1 N–H and O–H groups in total. The molecule has 132 valence electrons. The number of hydrogen-bond donors (Lipinski definition) is 1. The molecule has 1 aromatic carbocycles. The summed E-state index contributed by atoms with van der Waals surface area (Å²) >= 11 is 0. The number of rotatable bonds is 4. The summed E-state index contributed by atoms with van der Waals surface area (Å²) in [6.07, 6.45) is 0.662. The normalized spacial score (nSPS) is 14.8. The van der Waals surface area contributed by atoms with Crippen molar-refractivity contribution in [1.29, 1.82) is 0 Å². The quantitative estimate of drug-likeness (QED) is 0.919. The molecule has 0 unspecified atom stereocenters. The number of hydrogen-bond acceptors (Lipinski definition) is 4. The molecule has 1 atom stereocenters. The van der Waals surface area contributed by atoms with Gasteiger partial charge in [-0.1, -0.05) is 13.0 Å². The number of methoxy groups -OCH3 is 1. The van der Waals surface area contributed by atoms with Crippen LogP contribution in [-0.2, 0) is 16.0 Å². The number of anilines is 1. The molecule has 0 fully saturated rings. The van der Waals surface area contributed by atoms with Crippen LogP contribution in [0.1, 0.15) is 39.7 Å². The van der Waals surface area contributed by atoms with E-state index in [4.69, 9.17) is 9.47 Å². The summed E-state index contributed by atoms with van der Waals surface area (Å²) in [7, 11) is 1.62. The van der Waals surface area contributed by atoms with E-state index in [0.717, 1.165) is 23.4 Å². The van der Waals surface area contributed by atoms with Crippen LogP contribution in [0, 0.1) is 0 Å². The Morgan fingerprint density at radius 1 is 1.33 bits per heavy atom. The van der Waals surface area contributed by atoms with Crippen LogP contribution >= 0.6 is 0 Å². The lowest BCUT2D eigenvalue weighted by molar-refractivity contribution is -0.120. The van der Waals surface area contributed by atoms with Crippen LogP contribution in [0.2, 0.25) is 0 Å². The molecule has 0 spiro atoms. The largest absolute Gasteiger partial charge is 0.496 e. The topological polar surface area (TPSA) is 67.9 Å². The molecular weight excluding hydrogens is 308 g/mol. The molecule has 0 aliphatic carbocycles. The lowest BCUT2D eigenvalue weighted by atomic mass is 10.1. The highest BCUT2D eigenvalue weighted by Crippen LogP contribution is 2.35. The van der Waals surface area contributed by atoms with Crippen molar-refractivity contribution >= 4 is 17.7 Å². The second kappa shape index (κ2) is 7.11. The van der Waals surface area contributed by atoms with Gasteiger partial charge >= 0.3 is 6.09 Å². The molecule has 2 amide bonds. The fourth-order valence-corrected chi connectivity index (χ4v) is 2.80. The van der Waals surface area contributed by atoms with Crippen molar-refractivity contribution in [2.75, 3.05) is 18.6 Å². The number of ether oxygens (including phenoxy) is 2. The van der Waals surface area contributed by atoms with E-state index in [-0.39, 0.29) is 5.91 Å². The average molecular weight is 334 g/mol. The Morgan fingerprint density at radius 2 is 2.04 bits per heavy atom. The predicted molar refractivity (Wildman–Crippen MR) is 92.5 cm³/mol. The van der Waals surface area contributed by atoms with E-state index >= 15 is 0 Å². The van der Waals surface area contributed by atoms with Gasteiger partial charge in [0.15, 0.2) is 0 Å². The Labute approximate surface area is 143 Å². The monoisotopic (exact) mass is 334 g/mol. The van der Waals surface area contributed by atoms with E-state index in [1.807, 2.05) is 25.1 Å². The third-order valence-electron chi connectivity index (χ3n) is 3.87. The Kier molecular flexibility index (Phi) is 5.36. The fraction of sp³-hybridized carbons (Fsp3) is 0.556. The maximum Gasteiger partial charge on any atom is 0.408 e. The van der Waals surface area contributed by atoms with Gasteiger partial charge in [-0.3, -0.25) is 4.79 Å². The number of amides is 2. The van der Waals surface area contributed by atoms with Crippen molar-refractivity contribution in [3.05, 3.63) is 23.8 Å². The van der Waals surface area contributed by atoms with E-state index in [0.29, 0.717) is 13.0 Å². The maximum absolute atomic E-state index is 12.9. The first-order chi connectivity index (χ1) is 11.3. The molecule has 0 aromatic heterocycles. The van der Waals surface area contributed by atoms with Gasteiger partial charge in [-0.15, -0.1) is 0 Å². The van der Waals surface area contributed by atoms with Crippen LogP contribution in [0.25, 0.3) is 0 Å². The first-order valence-corrected chi connectivity index (χ1v) is 8.23. The predicted octanol–water partition coefficient (Wildman–Crippen LogP) is 2.89. The Hall–Kier alpha value is -2.24. The summed E-state index contributed by atoms with van der Waals surface area (Å²) in [6, 6.07) is 5.05. The molecule has 1 aliphatic heterocycles. The Morgan fingerprint density at radius 3 is 2.62 bits per heavy atom. The third-order valence-corrected chi connectivity index (χ3v) is 3.87. The van der Waals surface area contributed by atoms with Crippen molar-refractivity contribution in [3.8, 4) is 5.75 Å². The van der Waals surface area contributed by atoms with Crippen molar-refractivity contribution in [3.63, 3.8) is 0 Å². The average Bonchev–Trinajstić information content (AvgIpc) is 2.94.